The van der Waals surface area contributed by atoms with Gasteiger partial charge < -0.3 is 18.9 Å². The zero-order valence-corrected chi connectivity index (χ0v) is 18.2. The largest absolute Gasteiger partial charge is 0.493 e. The van der Waals surface area contributed by atoms with Gasteiger partial charge in [0.05, 0.1) is 26.1 Å². The number of methoxy groups -OCH3 is 2. The number of hydrogen-bond donors (Lipinski definition) is 0. The number of rotatable bonds is 8. The first-order valence-electron chi connectivity index (χ1n) is 9.54. The average Bonchev–Trinajstić information content (AvgIpc) is 3.32. The molecule has 3 aromatic heterocycles. The van der Waals surface area contributed by atoms with E-state index in [0.717, 1.165) is 10.6 Å². The number of hydrogen-bond acceptors (Lipinski definition) is 9. The first-order valence-corrected chi connectivity index (χ1v) is 10.4. The number of carbonyl (C=O) groups excluding carboxylic acids is 1. The van der Waals surface area contributed by atoms with Crippen LogP contribution in [0, 0.1) is 0 Å². The summed E-state index contributed by atoms with van der Waals surface area (Å²) in [5, 5.41) is 2.62. The molecule has 0 saturated heterocycles. The highest BCUT2D eigenvalue weighted by Gasteiger charge is 2.17. The van der Waals surface area contributed by atoms with Gasteiger partial charge in [0.25, 0.3) is 0 Å². The lowest BCUT2D eigenvalue weighted by Gasteiger charge is -2.09. The molecule has 4 aromatic rings. The van der Waals surface area contributed by atoms with Gasteiger partial charge in [-0.25, -0.2) is 14.8 Å². The fourth-order valence-electron chi connectivity index (χ4n) is 2.84. The molecule has 8 nitrogen and oxygen atoms in total. The zero-order chi connectivity index (χ0) is 22.3. The maximum Gasteiger partial charge on any atom is 0.344 e. The lowest BCUT2D eigenvalue weighted by Crippen LogP contribution is -2.08. The molecule has 0 fully saturated rings. The summed E-state index contributed by atoms with van der Waals surface area (Å²) in [6, 6.07) is 12.3. The maximum atomic E-state index is 12.6. The molecule has 0 saturated carbocycles. The Labute approximate surface area is 188 Å². The first-order chi connectivity index (χ1) is 15.7. The molecule has 3 heterocycles. The Morgan fingerprint density at radius 2 is 1.88 bits per heavy atom. The van der Waals surface area contributed by atoms with Gasteiger partial charge in [-0.3, -0.25) is 4.98 Å². The third-order valence-electron chi connectivity index (χ3n) is 4.37. The van der Waals surface area contributed by atoms with Gasteiger partial charge in [-0.05, 0) is 42.5 Å². The Hall–Kier alpha value is -3.98. The van der Waals surface area contributed by atoms with Gasteiger partial charge in [-0.15, -0.1) is 11.3 Å². The van der Waals surface area contributed by atoms with Crippen LogP contribution in [0.2, 0.25) is 0 Å². The third kappa shape index (κ3) is 4.84. The normalized spacial score (nSPS) is 10.4. The van der Waals surface area contributed by atoms with Crippen molar-refractivity contribution in [1.82, 2.24) is 15.0 Å². The van der Waals surface area contributed by atoms with E-state index < -0.39 is 5.97 Å². The molecule has 0 spiro atoms. The van der Waals surface area contributed by atoms with E-state index in [1.54, 1.807) is 44.7 Å². The quantitative estimate of drug-likeness (QED) is 0.355. The Morgan fingerprint density at radius 1 is 1.03 bits per heavy atom. The molecule has 32 heavy (non-hydrogen) atoms. The summed E-state index contributed by atoms with van der Waals surface area (Å²) in [5.74, 6) is 1.32. The van der Waals surface area contributed by atoms with Crippen LogP contribution < -0.4 is 14.2 Å². The second-order valence-corrected chi connectivity index (χ2v) is 7.29. The van der Waals surface area contributed by atoms with Crippen LogP contribution in [0.1, 0.15) is 16.1 Å². The maximum absolute atomic E-state index is 12.6. The topological polar surface area (TPSA) is 92.7 Å². The Morgan fingerprint density at radius 3 is 2.66 bits per heavy atom. The molecule has 1 aromatic carbocycles. The van der Waals surface area contributed by atoms with Crippen molar-refractivity contribution in [2.24, 2.45) is 0 Å². The number of nitrogens with zero attached hydrogens (tertiary/aromatic N) is 3. The van der Waals surface area contributed by atoms with Crippen LogP contribution in [0.3, 0.4) is 0 Å². The molecule has 4 rings (SSSR count). The van der Waals surface area contributed by atoms with E-state index in [1.807, 2.05) is 23.6 Å². The molecule has 0 aliphatic rings. The van der Waals surface area contributed by atoms with E-state index in [4.69, 9.17) is 18.9 Å². The third-order valence-corrected chi connectivity index (χ3v) is 5.31. The smallest absolute Gasteiger partial charge is 0.344 e. The van der Waals surface area contributed by atoms with Crippen LogP contribution >= 0.6 is 11.3 Å². The molecule has 9 heteroatoms. The van der Waals surface area contributed by atoms with Crippen molar-refractivity contribution < 1.29 is 23.7 Å². The van der Waals surface area contributed by atoms with E-state index in [-0.39, 0.29) is 18.1 Å². The Balaban J connectivity index is 1.44. The van der Waals surface area contributed by atoms with E-state index in [1.165, 1.54) is 23.7 Å². The zero-order valence-electron chi connectivity index (χ0n) is 17.3. The highest BCUT2D eigenvalue weighted by molar-refractivity contribution is 7.13. The minimum Gasteiger partial charge on any atom is -0.493 e. The van der Waals surface area contributed by atoms with Crippen LogP contribution in [0.4, 0.5) is 0 Å². The van der Waals surface area contributed by atoms with Crippen molar-refractivity contribution in [2.75, 3.05) is 14.2 Å². The van der Waals surface area contributed by atoms with E-state index >= 15 is 0 Å². The second-order valence-electron chi connectivity index (χ2n) is 6.44. The number of benzene rings is 1. The highest BCUT2D eigenvalue weighted by atomic mass is 32.1. The molecular weight excluding hydrogens is 430 g/mol. The van der Waals surface area contributed by atoms with Gasteiger partial charge in [0, 0.05) is 23.3 Å². The average molecular weight is 449 g/mol. The molecule has 162 valence electrons. The summed E-state index contributed by atoms with van der Waals surface area (Å²) in [7, 11) is 3.17. The lowest BCUT2D eigenvalue weighted by molar-refractivity contribution is 0.0465. The van der Waals surface area contributed by atoms with Crippen molar-refractivity contribution in [2.45, 2.75) is 6.61 Å². The van der Waals surface area contributed by atoms with Gasteiger partial charge in [-0.2, -0.15) is 0 Å². The van der Waals surface area contributed by atoms with Gasteiger partial charge in [-0.1, -0.05) is 0 Å². The fourth-order valence-corrected chi connectivity index (χ4v) is 3.64. The minimum absolute atomic E-state index is 0.0177. The predicted molar refractivity (Wildman–Crippen MR) is 118 cm³/mol. The monoisotopic (exact) mass is 449 g/mol. The number of carbonyl (C=O) groups is 1. The molecule has 0 aliphatic heterocycles. The molecular formula is C23H19N3O5S. The van der Waals surface area contributed by atoms with Crippen LogP contribution in [0.5, 0.6) is 23.1 Å². The Bertz CT molecular complexity index is 1210. The van der Waals surface area contributed by atoms with Crippen molar-refractivity contribution >= 4 is 17.3 Å². The van der Waals surface area contributed by atoms with Gasteiger partial charge in [0.1, 0.15) is 22.9 Å². The molecule has 0 amide bonds. The van der Waals surface area contributed by atoms with E-state index in [2.05, 4.69) is 15.0 Å². The molecule has 0 N–H and O–H groups in total. The summed E-state index contributed by atoms with van der Waals surface area (Å²) in [6.07, 6.45) is 4.71. The van der Waals surface area contributed by atoms with Crippen LogP contribution in [-0.2, 0) is 11.3 Å². The van der Waals surface area contributed by atoms with Gasteiger partial charge >= 0.3 is 5.97 Å². The molecule has 0 radical (unpaired) electrons. The fraction of sp³-hybridized carbons (Fsp3) is 0.130. The summed E-state index contributed by atoms with van der Waals surface area (Å²) in [4.78, 5) is 25.3. The number of aromatic nitrogens is 3. The van der Waals surface area contributed by atoms with Crippen molar-refractivity contribution in [1.29, 1.82) is 0 Å². The number of ether oxygens (including phenoxy) is 4. The number of esters is 1. The van der Waals surface area contributed by atoms with Gasteiger partial charge in [0.2, 0.25) is 5.88 Å². The van der Waals surface area contributed by atoms with Crippen LogP contribution in [-0.4, -0.2) is 35.1 Å². The standard InChI is InChI=1S/C23H19N3O5S/c1-28-19-8-7-15(11-20(19)29-2)22-26-16(14-32-22)13-30-23(27)18-6-4-10-25-21(18)31-17-5-3-9-24-12-17/h3-12,14H,13H2,1-2H3. The molecule has 0 bridgehead atoms. The second kappa shape index (κ2) is 9.88. The highest BCUT2D eigenvalue weighted by Crippen LogP contribution is 2.33. The number of thiazole rings is 1. The van der Waals surface area contributed by atoms with Crippen LogP contribution in [0.15, 0.2) is 66.4 Å². The first kappa shape index (κ1) is 21.3. The number of pyridine rings is 2. The SMILES string of the molecule is COc1ccc(-c2nc(COC(=O)c3cccnc3Oc3cccnc3)cs2)cc1OC. The summed E-state index contributed by atoms with van der Waals surface area (Å²) < 4.78 is 21.7. The van der Waals surface area contributed by atoms with E-state index in [9.17, 15) is 4.79 Å². The van der Waals surface area contributed by atoms with E-state index in [0.29, 0.717) is 22.9 Å². The molecule has 0 atom stereocenters. The minimum atomic E-state index is -0.558. The van der Waals surface area contributed by atoms with Crippen molar-refractivity contribution in [3.63, 3.8) is 0 Å². The molecule has 0 aliphatic carbocycles. The van der Waals surface area contributed by atoms with Crippen molar-refractivity contribution in [3.05, 3.63) is 77.7 Å². The Kier molecular flexibility index (Phi) is 6.57. The van der Waals surface area contributed by atoms with Crippen LogP contribution in [0.25, 0.3) is 10.6 Å². The van der Waals surface area contributed by atoms with Gasteiger partial charge in [0.15, 0.2) is 11.5 Å². The predicted octanol–water partition coefficient (Wildman–Crippen LogP) is 4.77. The summed E-state index contributed by atoms with van der Waals surface area (Å²) in [5.41, 5.74) is 1.73. The summed E-state index contributed by atoms with van der Waals surface area (Å²) >= 11 is 1.44. The molecule has 0 unspecified atom stereocenters. The van der Waals surface area contributed by atoms with Crippen molar-refractivity contribution in [3.8, 4) is 33.7 Å². The lowest BCUT2D eigenvalue weighted by atomic mass is 10.2. The summed E-state index contributed by atoms with van der Waals surface area (Å²) in [6.45, 7) is 0.0177.